The topological polar surface area (TPSA) is 30.0 Å². The summed E-state index contributed by atoms with van der Waals surface area (Å²) in [4.78, 5) is 4.40. The molecule has 0 amide bonds. The molecule has 1 aromatic rings. The van der Waals surface area contributed by atoms with E-state index in [1.54, 1.807) is 11.3 Å². The molecule has 0 aromatic carbocycles. The van der Waals surface area contributed by atoms with E-state index in [2.05, 4.69) is 18.8 Å². The van der Waals surface area contributed by atoms with Crippen LogP contribution in [0.1, 0.15) is 37.4 Å². The lowest BCUT2D eigenvalue weighted by molar-refractivity contribution is 0.682. The Hall–Kier alpha value is -0.220. The molecule has 0 aliphatic rings. The molecule has 4 heteroatoms. The van der Waals surface area contributed by atoms with Gasteiger partial charge in [-0.25, -0.2) is 4.98 Å². The molecule has 0 saturated carbocycles. The molecule has 1 heterocycles. The zero-order valence-electron chi connectivity index (χ0n) is 8.46. The van der Waals surface area contributed by atoms with Crippen molar-refractivity contribution in [3.63, 3.8) is 0 Å². The second-order valence-corrected chi connectivity index (χ2v) is 6.33. The average Bonchev–Trinajstić information content (AvgIpc) is 2.46. The summed E-state index contributed by atoms with van der Waals surface area (Å²) in [6, 6.07) is 0. The van der Waals surface area contributed by atoms with Gasteiger partial charge >= 0.3 is 0 Å². The van der Waals surface area contributed by atoms with Gasteiger partial charge in [-0.3, -0.25) is 4.21 Å². The van der Waals surface area contributed by atoms with Crippen molar-refractivity contribution in [1.82, 2.24) is 4.98 Å². The highest BCUT2D eigenvalue weighted by atomic mass is 32.2. The fourth-order valence-electron chi connectivity index (χ4n) is 1.08. The third kappa shape index (κ3) is 2.38. The second-order valence-electron chi connectivity index (χ2n) is 3.19. The number of aryl methyl sites for hydroxylation is 1. The van der Waals surface area contributed by atoms with E-state index < -0.39 is 10.8 Å². The number of thiazole rings is 1. The maximum Gasteiger partial charge on any atom is 0.115 e. The van der Waals surface area contributed by atoms with E-state index in [4.69, 9.17) is 0 Å². The molecule has 0 aliphatic heterocycles. The first-order chi connectivity index (χ1) is 6.06. The van der Waals surface area contributed by atoms with Crippen LogP contribution in [0.2, 0.25) is 0 Å². The third-order valence-corrected chi connectivity index (χ3v) is 4.48. The minimum atomic E-state index is -0.846. The summed E-state index contributed by atoms with van der Waals surface area (Å²) in [6.45, 7) is 8.08. The first kappa shape index (κ1) is 10.9. The SMILES string of the molecule is CCS(=O)c1sc(C)nc1C(C)C. The van der Waals surface area contributed by atoms with Crippen LogP contribution in [0.5, 0.6) is 0 Å². The fraction of sp³-hybridized carbons (Fsp3) is 0.667. The van der Waals surface area contributed by atoms with E-state index in [0.717, 1.165) is 14.9 Å². The normalized spacial score (nSPS) is 13.6. The van der Waals surface area contributed by atoms with Gasteiger partial charge in [0.2, 0.25) is 0 Å². The van der Waals surface area contributed by atoms with Gasteiger partial charge in [-0.05, 0) is 12.8 Å². The molecule has 0 bridgehead atoms. The van der Waals surface area contributed by atoms with Crippen molar-refractivity contribution in [2.45, 2.75) is 37.8 Å². The van der Waals surface area contributed by atoms with E-state index in [1.807, 2.05) is 13.8 Å². The van der Waals surface area contributed by atoms with Crippen molar-refractivity contribution in [2.24, 2.45) is 0 Å². The lowest BCUT2D eigenvalue weighted by Crippen LogP contribution is -1.98. The molecule has 1 aromatic heterocycles. The van der Waals surface area contributed by atoms with Crippen LogP contribution in [0, 0.1) is 6.92 Å². The molecule has 0 spiro atoms. The molecule has 0 radical (unpaired) electrons. The van der Waals surface area contributed by atoms with Crippen molar-refractivity contribution in [2.75, 3.05) is 5.75 Å². The van der Waals surface area contributed by atoms with E-state index in [-0.39, 0.29) is 0 Å². The Balaban J connectivity index is 3.11. The molecule has 0 aliphatic carbocycles. The summed E-state index contributed by atoms with van der Waals surface area (Å²) in [6.07, 6.45) is 0. The van der Waals surface area contributed by atoms with Crippen LogP contribution in [0.25, 0.3) is 0 Å². The van der Waals surface area contributed by atoms with Crippen molar-refractivity contribution < 1.29 is 4.21 Å². The van der Waals surface area contributed by atoms with Crippen molar-refractivity contribution in [1.29, 1.82) is 0 Å². The van der Waals surface area contributed by atoms with Crippen LogP contribution in [0.4, 0.5) is 0 Å². The largest absolute Gasteiger partial charge is 0.253 e. The highest BCUT2D eigenvalue weighted by molar-refractivity contribution is 7.87. The number of nitrogens with zero attached hydrogens (tertiary/aromatic N) is 1. The number of hydrogen-bond donors (Lipinski definition) is 0. The van der Waals surface area contributed by atoms with Gasteiger partial charge < -0.3 is 0 Å². The Kier molecular flexibility index (Phi) is 3.62. The molecule has 1 atom stereocenters. The molecule has 2 nitrogen and oxygen atoms in total. The quantitative estimate of drug-likeness (QED) is 0.779. The predicted molar refractivity (Wildman–Crippen MR) is 57.9 cm³/mol. The van der Waals surface area contributed by atoms with Gasteiger partial charge in [-0.1, -0.05) is 20.8 Å². The molecule has 1 rings (SSSR count). The number of aromatic nitrogens is 1. The summed E-state index contributed by atoms with van der Waals surface area (Å²) in [5.74, 6) is 1.05. The van der Waals surface area contributed by atoms with E-state index in [1.165, 1.54) is 0 Å². The smallest absolute Gasteiger partial charge is 0.115 e. The van der Waals surface area contributed by atoms with Gasteiger partial charge in [0.1, 0.15) is 4.21 Å². The highest BCUT2D eigenvalue weighted by Crippen LogP contribution is 2.27. The lowest BCUT2D eigenvalue weighted by Gasteiger charge is -2.02. The molecule has 0 fully saturated rings. The molecule has 13 heavy (non-hydrogen) atoms. The van der Waals surface area contributed by atoms with Crippen LogP contribution in [-0.4, -0.2) is 14.9 Å². The first-order valence-electron chi connectivity index (χ1n) is 4.42. The van der Waals surface area contributed by atoms with Crippen LogP contribution < -0.4 is 0 Å². The van der Waals surface area contributed by atoms with Crippen molar-refractivity contribution in [3.8, 4) is 0 Å². The van der Waals surface area contributed by atoms with Gasteiger partial charge in [-0.15, -0.1) is 11.3 Å². The van der Waals surface area contributed by atoms with Gasteiger partial charge in [0.25, 0.3) is 0 Å². The Morgan fingerprint density at radius 2 is 2.15 bits per heavy atom. The Labute approximate surface area is 85.9 Å². The fourth-order valence-corrected chi connectivity index (χ4v) is 3.75. The molecular weight excluding hydrogens is 202 g/mol. The lowest BCUT2D eigenvalue weighted by atomic mass is 10.2. The summed E-state index contributed by atoms with van der Waals surface area (Å²) in [5, 5.41) is 1.01. The van der Waals surface area contributed by atoms with E-state index >= 15 is 0 Å². The number of hydrogen-bond acceptors (Lipinski definition) is 3. The van der Waals surface area contributed by atoms with Gasteiger partial charge in [0.15, 0.2) is 0 Å². The highest BCUT2D eigenvalue weighted by Gasteiger charge is 2.16. The predicted octanol–water partition coefficient (Wildman–Crippen LogP) is 2.70. The molecule has 1 unspecified atom stereocenters. The molecule has 0 saturated heterocycles. The van der Waals surface area contributed by atoms with E-state index in [9.17, 15) is 4.21 Å². The summed E-state index contributed by atoms with van der Waals surface area (Å²) < 4.78 is 12.6. The maximum absolute atomic E-state index is 11.6. The minimum absolute atomic E-state index is 0.371. The third-order valence-electron chi connectivity index (χ3n) is 1.74. The zero-order chi connectivity index (χ0) is 10.0. The Morgan fingerprint density at radius 3 is 2.62 bits per heavy atom. The zero-order valence-corrected chi connectivity index (χ0v) is 10.1. The van der Waals surface area contributed by atoms with Crippen LogP contribution in [0.15, 0.2) is 4.21 Å². The van der Waals surface area contributed by atoms with Crippen molar-refractivity contribution in [3.05, 3.63) is 10.7 Å². The summed E-state index contributed by atoms with van der Waals surface area (Å²) >= 11 is 1.56. The summed E-state index contributed by atoms with van der Waals surface area (Å²) in [5.41, 5.74) is 1.02. The van der Waals surface area contributed by atoms with Gasteiger partial charge in [-0.2, -0.15) is 0 Å². The Morgan fingerprint density at radius 1 is 1.54 bits per heavy atom. The van der Waals surface area contributed by atoms with E-state index in [0.29, 0.717) is 11.7 Å². The molecule has 74 valence electrons. The second kappa shape index (κ2) is 4.33. The standard InChI is InChI=1S/C9H15NOS2/c1-5-13(11)9-8(6(2)3)10-7(4)12-9/h6H,5H2,1-4H3. The van der Waals surface area contributed by atoms with Gasteiger partial charge in [0, 0.05) is 5.75 Å². The van der Waals surface area contributed by atoms with Gasteiger partial charge in [0.05, 0.1) is 21.5 Å². The average molecular weight is 217 g/mol. The minimum Gasteiger partial charge on any atom is -0.253 e. The summed E-state index contributed by atoms with van der Waals surface area (Å²) in [7, 11) is -0.846. The molecule has 0 N–H and O–H groups in total. The maximum atomic E-state index is 11.6. The van der Waals surface area contributed by atoms with Crippen LogP contribution >= 0.6 is 11.3 Å². The number of rotatable bonds is 3. The van der Waals surface area contributed by atoms with Crippen LogP contribution in [0.3, 0.4) is 0 Å². The molecular formula is C9H15NOS2. The van der Waals surface area contributed by atoms with Crippen LogP contribution in [-0.2, 0) is 10.8 Å². The van der Waals surface area contributed by atoms with Crippen molar-refractivity contribution >= 4 is 22.1 Å². The Bertz CT molecular complexity index is 317. The first-order valence-corrected chi connectivity index (χ1v) is 6.55. The monoisotopic (exact) mass is 217 g/mol.